The van der Waals surface area contributed by atoms with E-state index >= 15 is 0 Å². The number of imidazole rings is 1. The van der Waals surface area contributed by atoms with Crippen molar-refractivity contribution in [2.45, 2.75) is 38.8 Å². The van der Waals surface area contributed by atoms with Gasteiger partial charge in [0, 0.05) is 25.9 Å². The van der Waals surface area contributed by atoms with Crippen molar-refractivity contribution in [3.05, 3.63) is 39.4 Å². The molecule has 3 aromatic heterocycles. The average Bonchev–Trinajstić information content (AvgIpc) is 3.12. The van der Waals surface area contributed by atoms with Crippen molar-refractivity contribution in [1.82, 2.24) is 24.1 Å². The average molecular weight is 411 g/mol. The lowest BCUT2D eigenvalue weighted by Crippen LogP contribution is -2.38. The van der Waals surface area contributed by atoms with Crippen LogP contribution in [-0.2, 0) is 11.8 Å². The van der Waals surface area contributed by atoms with Crippen molar-refractivity contribution < 1.29 is 4.74 Å². The molecule has 4 aromatic rings. The number of ether oxygens (including phenoxy) is 1. The molecule has 0 amide bonds. The van der Waals surface area contributed by atoms with Crippen LogP contribution in [0, 0.1) is 13.8 Å². The molecule has 5 rings (SSSR count). The molecule has 0 saturated heterocycles. The van der Waals surface area contributed by atoms with E-state index in [0.717, 1.165) is 44.8 Å². The van der Waals surface area contributed by atoms with Gasteiger partial charge in [-0.05, 0) is 44.4 Å². The molecule has 150 valence electrons. The summed E-state index contributed by atoms with van der Waals surface area (Å²) in [5.74, 6) is 0.475. The summed E-state index contributed by atoms with van der Waals surface area (Å²) in [6, 6.07) is 4.25. The third-order valence-electron chi connectivity index (χ3n) is 5.69. The highest BCUT2D eigenvalue weighted by atomic mass is 32.1. The van der Waals surface area contributed by atoms with Crippen molar-refractivity contribution in [3.8, 4) is 0 Å². The lowest BCUT2D eigenvalue weighted by molar-refractivity contribution is 0.00616. The molecule has 3 heterocycles. The quantitative estimate of drug-likeness (QED) is 0.555. The Hall–Kier alpha value is -2.78. The number of aromatic nitrogens is 5. The number of aryl methyl sites for hydroxylation is 3. The van der Waals surface area contributed by atoms with Gasteiger partial charge in [-0.15, -0.1) is 11.3 Å². The second kappa shape index (κ2) is 6.64. The van der Waals surface area contributed by atoms with Gasteiger partial charge in [0.05, 0.1) is 27.5 Å². The summed E-state index contributed by atoms with van der Waals surface area (Å²) in [4.78, 5) is 26.5. The normalized spacial score (nSPS) is 19.0. The van der Waals surface area contributed by atoms with Gasteiger partial charge in [-0.2, -0.15) is 4.98 Å². The van der Waals surface area contributed by atoms with Crippen LogP contribution in [-0.4, -0.2) is 37.3 Å². The summed E-state index contributed by atoms with van der Waals surface area (Å²) in [6.45, 7) is 4.04. The van der Waals surface area contributed by atoms with E-state index in [9.17, 15) is 4.79 Å². The van der Waals surface area contributed by atoms with E-state index in [-0.39, 0.29) is 17.8 Å². The van der Waals surface area contributed by atoms with Crippen LogP contribution in [0.5, 0.6) is 0 Å². The number of rotatable bonds is 4. The fourth-order valence-electron chi connectivity index (χ4n) is 3.91. The fourth-order valence-corrected chi connectivity index (χ4v) is 4.76. The number of thiazole rings is 1. The molecule has 1 aliphatic carbocycles. The molecule has 0 spiro atoms. The molecule has 0 aliphatic heterocycles. The molecule has 8 nitrogen and oxygen atoms in total. The second-order valence-electron chi connectivity index (χ2n) is 7.59. The Balaban J connectivity index is 1.55. The molecule has 0 bridgehead atoms. The monoisotopic (exact) mass is 410 g/mol. The second-order valence-corrected chi connectivity index (χ2v) is 8.82. The number of hydrogen-bond donors (Lipinski definition) is 1. The first-order chi connectivity index (χ1) is 13.9. The summed E-state index contributed by atoms with van der Waals surface area (Å²) in [5, 5.41) is 4.36. The van der Waals surface area contributed by atoms with Crippen LogP contribution in [0.1, 0.15) is 29.5 Å². The Morgan fingerprint density at radius 1 is 1.24 bits per heavy atom. The standard InChI is InChI=1S/C20H22N6O2S/c1-10-5-15-17(29-11(2)22-15)8-14(10)23-19-21-9-16-18(24-19)26(20(27)25(16)3)12-6-13(7-12)28-4/h5,8-9,12-13H,6-7H2,1-4H3,(H,21,23,24). The van der Waals surface area contributed by atoms with Crippen molar-refractivity contribution in [2.24, 2.45) is 7.05 Å². The van der Waals surface area contributed by atoms with Crippen LogP contribution in [0.25, 0.3) is 21.4 Å². The summed E-state index contributed by atoms with van der Waals surface area (Å²) in [7, 11) is 3.47. The van der Waals surface area contributed by atoms with Gasteiger partial charge in [-0.25, -0.2) is 14.8 Å². The number of nitrogens with one attached hydrogen (secondary N) is 1. The van der Waals surface area contributed by atoms with Crippen LogP contribution in [0.15, 0.2) is 23.1 Å². The van der Waals surface area contributed by atoms with Crippen molar-refractivity contribution >= 4 is 44.4 Å². The van der Waals surface area contributed by atoms with E-state index in [1.807, 2.05) is 13.8 Å². The molecule has 0 radical (unpaired) electrons. The Kier molecular flexibility index (Phi) is 4.18. The molecule has 9 heteroatoms. The third-order valence-corrected chi connectivity index (χ3v) is 6.62. The number of fused-ring (bicyclic) bond motifs is 2. The highest BCUT2D eigenvalue weighted by molar-refractivity contribution is 7.18. The highest BCUT2D eigenvalue weighted by Crippen LogP contribution is 2.35. The number of benzene rings is 1. The summed E-state index contributed by atoms with van der Waals surface area (Å²) in [5.41, 5.74) is 4.33. The number of anilines is 2. The minimum absolute atomic E-state index is 0.0660. The summed E-state index contributed by atoms with van der Waals surface area (Å²) in [6.07, 6.45) is 3.56. The Morgan fingerprint density at radius 3 is 2.79 bits per heavy atom. The number of hydrogen-bond acceptors (Lipinski definition) is 7. The molecular formula is C20H22N6O2S. The molecule has 29 heavy (non-hydrogen) atoms. The van der Waals surface area contributed by atoms with Crippen LogP contribution in [0.3, 0.4) is 0 Å². The van der Waals surface area contributed by atoms with E-state index in [0.29, 0.717) is 11.6 Å². The van der Waals surface area contributed by atoms with Crippen LogP contribution in [0.2, 0.25) is 0 Å². The van der Waals surface area contributed by atoms with Gasteiger partial charge in [0.15, 0.2) is 5.65 Å². The number of nitrogens with zero attached hydrogens (tertiary/aromatic N) is 5. The van der Waals surface area contributed by atoms with Gasteiger partial charge in [-0.1, -0.05) is 0 Å². The van der Waals surface area contributed by atoms with Crippen LogP contribution in [0.4, 0.5) is 11.6 Å². The number of methoxy groups -OCH3 is 1. The topological polar surface area (TPSA) is 86.9 Å². The van der Waals surface area contributed by atoms with Crippen molar-refractivity contribution in [1.29, 1.82) is 0 Å². The van der Waals surface area contributed by atoms with E-state index in [1.54, 1.807) is 40.8 Å². The highest BCUT2D eigenvalue weighted by Gasteiger charge is 2.33. The predicted octanol–water partition coefficient (Wildman–Crippen LogP) is 3.45. The van der Waals surface area contributed by atoms with Gasteiger partial charge in [0.2, 0.25) is 5.95 Å². The first kappa shape index (κ1) is 18.3. The van der Waals surface area contributed by atoms with E-state index in [4.69, 9.17) is 9.72 Å². The maximum absolute atomic E-state index is 12.8. The smallest absolute Gasteiger partial charge is 0.330 e. The maximum atomic E-state index is 12.8. The Labute approximate surface area is 171 Å². The molecule has 0 atom stereocenters. The molecule has 1 fully saturated rings. The van der Waals surface area contributed by atoms with E-state index in [1.165, 1.54) is 0 Å². The van der Waals surface area contributed by atoms with Crippen molar-refractivity contribution in [3.63, 3.8) is 0 Å². The Bertz CT molecular complexity index is 1300. The van der Waals surface area contributed by atoms with Crippen LogP contribution < -0.4 is 11.0 Å². The molecule has 1 aromatic carbocycles. The predicted molar refractivity (Wildman–Crippen MR) is 114 cm³/mol. The SMILES string of the molecule is COC1CC(n2c(=O)n(C)c3cnc(Nc4cc5sc(C)nc5cc4C)nc32)C1. The zero-order valence-electron chi connectivity index (χ0n) is 16.8. The third kappa shape index (κ3) is 2.92. The lowest BCUT2D eigenvalue weighted by Gasteiger charge is -2.34. The molecular weight excluding hydrogens is 388 g/mol. The summed E-state index contributed by atoms with van der Waals surface area (Å²) < 4.78 is 9.88. The van der Waals surface area contributed by atoms with Gasteiger partial charge in [0.1, 0.15) is 5.52 Å². The first-order valence-corrected chi connectivity index (χ1v) is 10.4. The maximum Gasteiger partial charge on any atom is 0.330 e. The van der Waals surface area contributed by atoms with E-state index in [2.05, 4.69) is 27.4 Å². The minimum atomic E-state index is -0.0660. The molecule has 1 aliphatic rings. The van der Waals surface area contributed by atoms with Gasteiger partial charge in [0.25, 0.3) is 0 Å². The largest absolute Gasteiger partial charge is 0.381 e. The molecule has 1 N–H and O–H groups in total. The summed E-state index contributed by atoms with van der Waals surface area (Å²) >= 11 is 1.66. The van der Waals surface area contributed by atoms with E-state index < -0.39 is 0 Å². The van der Waals surface area contributed by atoms with Gasteiger partial charge in [-0.3, -0.25) is 9.13 Å². The first-order valence-electron chi connectivity index (χ1n) is 9.56. The van der Waals surface area contributed by atoms with Gasteiger partial charge < -0.3 is 10.1 Å². The molecule has 0 unspecified atom stereocenters. The molecule has 1 saturated carbocycles. The van der Waals surface area contributed by atoms with Crippen molar-refractivity contribution in [2.75, 3.05) is 12.4 Å². The zero-order chi connectivity index (χ0) is 20.3. The zero-order valence-corrected chi connectivity index (χ0v) is 17.6. The Morgan fingerprint density at radius 2 is 2.03 bits per heavy atom. The van der Waals surface area contributed by atoms with Gasteiger partial charge >= 0.3 is 5.69 Å². The lowest BCUT2D eigenvalue weighted by atomic mass is 9.89. The minimum Gasteiger partial charge on any atom is -0.381 e. The fraction of sp³-hybridized carbons (Fsp3) is 0.400. The van der Waals surface area contributed by atoms with Crippen LogP contribution >= 0.6 is 11.3 Å².